The molecular formula is C18H15FN2O3S. The largest absolute Gasteiger partial charge is 0.497 e. The van der Waals surface area contributed by atoms with Crippen LogP contribution in [0.5, 0.6) is 11.5 Å². The number of hydrogen-bond donors (Lipinski definition) is 1. The summed E-state index contributed by atoms with van der Waals surface area (Å²) in [4.78, 5) is 16.6. The molecule has 0 atom stereocenters. The van der Waals surface area contributed by atoms with Crippen molar-refractivity contribution in [3.63, 3.8) is 0 Å². The van der Waals surface area contributed by atoms with Crippen LogP contribution in [0.15, 0.2) is 47.8 Å². The molecule has 7 heteroatoms. The lowest BCUT2D eigenvalue weighted by molar-refractivity contribution is 0.102. The van der Waals surface area contributed by atoms with Gasteiger partial charge in [-0.3, -0.25) is 10.1 Å². The van der Waals surface area contributed by atoms with E-state index < -0.39 is 5.82 Å². The number of methoxy groups -OCH3 is 2. The molecule has 0 aliphatic heterocycles. The van der Waals surface area contributed by atoms with Gasteiger partial charge >= 0.3 is 0 Å². The number of rotatable bonds is 5. The lowest BCUT2D eigenvalue weighted by Gasteiger charge is -2.04. The number of benzene rings is 2. The van der Waals surface area contributed by atoms with E-state index >= 15 is 0 Å². The summed E-state index contributed by atoms with van der Waals surface area (Å²) in [5, 5.41) is 4.91. The summed E-state index contributed by atoms with van der Waals surface area (Å²) in [5.41, 5.74) is 1.65. The highest BCUT2D eigenvalue weighted by molar-refractivity contribution is 7.14. The quantitative estimate of drug-likeness (QED) is 0.742. The molecule has 0 unspecified atom stereocenters. The first-order chi connectivity index (χ1) is 12.1. The summed E-state index contributed by atoms with van der Waals surface area (Å²) < 4.78 is 23.8. The normalized spacial score (nSPS) is 10.4. The second kappa shape index (κ2) is 7.31. The fourth-order valence-electron chi connectivity index (χ4n) is 2.22. The molecule has 0 spiro atoms. The van der Waals surface area contributed by atoms with Gasteiger partial charge in [-0.1, -0.05) is 6.07 Å². The predicted molar refractivity (Wildman–Crippen MR) is 95.0 cm³/mol. The Morgan fingerprint density at radius 2 is 2.00 bits per heavy atom. The Hall–Kier alpha value is -2.93. The molecule has 1 heterocycles. The summed E-state index contributed by atoms with van der Waals surface area (Å²) in [5.74, 6) is 0.0161. The van der Waals surface area contributed by atoms with E-state index in [4.69, 9.17) is 9.47 Å². The molecule has 0 bridgehead atoms. The highest BCUT2D eigenvalue weighted by atomic mass is 32.1. The fourth-order valence-corrected chi connectivity index (χ4v) is 2.94. The molecular weight excluding hydrogens is 343 g/mol. The zero-order valence-electron chi connectivity index (χ0n) is 13.6. The number of hydrogen-bond acceptors (Lipinski definition) is 5. The van der Waals surface area contributed by atoms with E-state index in [1.54, 1.807) is 41.8 Å². The Morgan fingerprint density at radius 3 is 2.72 bits per heavy atom. The summed E-state index contributed by atoms with van der Waals surface area (Å²) in [6, 6.07) is 11.4. The van der Waals surface area contributed by atoms with Crippen molar-refractivity contribution in [1.29, 1.82) is 0 Å². The number of nitrogens with one attached hydrogen (secondary N) is 1. The Labute approximate surface area is 148 Å². The standard InChI is InChI=1S/C18H15FN2O3S/c1-23-13-5-3-4-12(8-13)17(22)21-18-20-15(10-25-18)11-6-7-16(24-2)14(19)9-11/h3-10H,1-2H3,(H,20,21,22). The number of carbonyl (C=O) groups excluding carboxylic acids is 1. The minimum absolute atomic E-state index is 0.172. The molecule has 128 valence electrons. The van der Waals surface area contributed by atoms with Crippen LogP contribution in [0.2, 0.25) is 0 Å². The molecule has 1 aromatic heterocycles. The van der Waals surface area contributed by atoms with E-state index in [9.17, 15) is 9.18 Å². The average molecular weight is 358 g/mol. The van der Waals surface area contributed by atoms with Crippen molar-refractivity contribution < 1.29 is 18.7 Å². The zero-order valence-corrected chi connectivity index (χ0v) is 14.4. The Bertz CT molecular complexity index is 911. The van der Waals surface area contributed by atoms with Gasteiger partial charge in [0.1, 0.15) is 5.75 Å². The summed E-state index contributed by atoms with van der Waals surface area (Å²) in [6.07, 6.45) is 0. The van der Waals surface area contributed by atoms with Crippen molar-refractivity contribution in [2.75, 3.05) is 19.5 Å². The third kappa shape index (κ3) is 3.77. The summed E-state index contributed by atoms with van der Waals surface area (Å²) in [7, 11) is 2.95. The highest BCUT2D eigenvalue weighted by Crippen LogP contribution is 2.28. The minimum atomic E-state index is -0.463. The molecule has 0 saturated heterocycles. The van der Waals surface area contributed by atoms with Gasteiger partial charge in [0.25, 0.3) is 5.91 Å². The lowest BCUT2D eigenvalue weighted by atomic mass is 10.1. The minimum Gasteiger partial charge on any atom is -0.497 e. The monoisotopic (exact) mass is 358 g/mol. The molecule has 3 rings (SSSR count). The second-order valence-corrected chi connectivity index (χ2v) is 5.93. The zero-order chi connectivity index (χ0) is 17.8. The van der Waals surface area contributed by atoms with Crippen LogP contribution in [0.3, 0.4) is 0 Å². The van der Waals surface area contributed by atoms with E-state index in [2.05, 4.69) is 10.3 Å². The molecule has 5 nitrogen and oxygen atoms in total. The van der Waals surface area contributed by atoms with Crippen LogP contribution >= 0.6 is 11.3 Å². The van der Waals surface area contributed by atoms with E-state index in [0.29, 0.717) is 27.7 Å². The second-order valence-electron chi connectivity index (χ2n) is 5.07. The number of carbonyl (C=O) groups is 1. The number of aromatic nitrogens is 1. The Balaban J connectivity index is 1.77. The van der Waals surface area contributed by atoms with Crippen LogP contribution in [0.4, 0.5) is 9.52 Å². The molecule has 0 radical (unpaired) electrons. The van der Waals surface area contributed by atoms with E-state index in [1.165, 1.54) is 31.6 Å². The summed E-state index contributed by atoms with van der Waals surface area (Å²) in [6.45, 7) is 0. The average Bonchev–Trinajstić information content (AvgIpc) is 3.10. The van der Waals surface area contributed by atoms with Crippen LogP contribution in [0, 0.1) is 5.82 Å². The van der Waals surface area contributed by atoms with E-state index in [0.717, 1.165) is 0 Å². The van der Waals surface area contributed by atoms with Gasteiger partial charge in [-0.2, -0.15) is 0 Å². The topological polar surface area (TPSA) is 60.5 Å². The lowest BCUT2D eigenvalue weighted by Crippen LogP contribution is -2.11. The maximum atomic E-state index is 13.8. The molecule has 2 aromatic carbocycles. The van der Waals surface area contributed by atoms with Gasteiger partial charge in [0.05, 0.1) is 19.9 Å². The first kappa shape index (κ1) is 16.9. The maximum Gasteiger partial charge on any atom is 0.257 e. The molecule has 1 N–H and O–H groups in total. The van der Waals surface area contributed by atoms with Crippen LogP contribution in [-0.4, -0.2) is 25.1 Å². The van der Waals surface area contributed by atoms with Gasteiger partial charge in [0.2, 0.25) is 0 Å². The molecule has 0 aliphatic carbocycles. The maximum absolute atomic E-state index is 13.8. The third-order valence-corrected chi connectivity index (χ3v) is 4.26. The van der Waals surface area contributed by atoms with Gasteiger partial charge in [-0.25, -0.2) is 9.37 Å². The molecule has 3 aromatic rings. The van der Waals surface area contributed by atoms with Gasteiger partial charge in [-0.05, 0) is 36.4 Å². The number of halogens is 1. The molecule has 1 amide bonds. The number of thiazole rings is 1. The van der Waals surface area contributed by atoms with Crippen molar-refractivity contribution in [2.45, 2.75) is 0 Å². The van der Waals surface area contributed by atoms with Crippen LogP contribution < -0.4 is 14.8 Å². The van der Waals surface area contributed by atoms with Crippen LogP contribution in [0.25, 0.3) is 11.3 Å². The van der Waals surface area contributed by atoms with Crippen LogP contribution in [-0.2, 0) is 0 Å². The van der Waals surface area contributed by atoms with Gasteiger partial charge in [0.15, 0.2) is 16.7 Å². The molecule has 0 saturated carbocycles. The van der Waals surface area contributed by atoms with Crippen molar-refractivity contribution in [3.05, 3.63) is 59.2 Å². The molecule has 25 heavy (non-hydrogen) atoms. The smallest absolute Gasteiger partial charge is 0.257 e. The van der Waals surface area contributed by atoms with Crippen molar-refractivity contribution in [3.8, 4) is 22.8 Å². The van der Waals surface area contributed by atoms with Gasteiger partial charge in [0, 0.05) is 16.5 Å². The number of amides is 1. The Kier molecular flexibility index (Phi) is 4.95. The first-order valence-corrected chi connectivity index (χ1v) is 8.23. The van der Waals surface area contributed by atoms with Crippen molar-refractivity contribution in [2.24, 2.45) is 0 Å². The van der Waals surface area contributed by atoms with Crippen molar-refractivity contribution in [1.82, 2.24) is 4.98 Å². The SMILES string of the molecule is COc1cccc(C(=O)Nc2nc(-c3ccc(OC)c(F)c3)cs2)c1. The third-order valence-electron chi connectivity index (χ3n) is 3.50. The Morgan fingerprint density at radius 1 is 1.16 bits per heavy atom. The van der Waals surface area contributed by atoms with Crippen molar-refractivity contribution >= 4 is 22.4 Å². The summed E-state index contributed by atoms with van der Waals surface area (Å²) >= 11 is 1.27. The highest BCUT2D eigenvalue weighted by Gasteiger charge is 2.12. The molecule has 0 aliphatic rings. The van der Waals surface area contributed by atoms with E-state index in [1.807, 2.05) is 0 Å². The number of ether oxygens (including phenoxy) is 2. The number of anilines is 1. The molecule has 0 fully saturated rings. The fraction of sp³-hybridized carbons (Fsp3) is 0.111. The number of nitrogens with zero attached hydrogens (tertiary/aromatic N) is 1. The van der Waals surface area contributed by atoms with Crippen LogP contribution in [0.1, 0.15) is 10.4 Å². The predicted octanol–water partition coefficient (Wildman–Crippen LogP) is 4.22. The van der Waals surface area contributed by atoms with Gasteiger partial charge in [-0.15, -0.1) is 11.3 Å². The first-order valence-electron chi connectivity index (χ1n) is 7.35. The van der Waals surface area contributed by atoms with E-state index in [-0.39, 0.29) is 11.7 Å². The van der Waals surface area contributed by atoms with Gasteiger partial charge < -0.3 is 9.47 Å².